The molecule has 0 bridgehead atoms. The Balaban J connectivity index is 0.00000289. The Kier molecular flexibility index (Phi) is 6.29. The predicted octanol–water partition coefficient (Wildman–Crippen LogP) is 2.03. The highest BCUT2D eigenvalue weighted by molar-refractivity contribution is 5.85. The summed E-state index contributed by atoms with van der Waals surface area (Å²) in [5, 5.41) is 2.86. The standard InChI is InChI=1S/C13H19FN2O.ClH/c1-9(15)12(17)16-13(2,3)8-10-4-6-11(14)7-5-10;/h4-7,9H,8,15H2,1-3H3,(H,16,17);1H. The quantitative estimate of drug-likeness (QED) is 0.883. The van der Waals surface area contributed by atoms with Crippen molar-refractivity contribution in [3.05, 3.63) is 35.6 Å². The van der Waals surface area contributed by atoms with E-state index in [1.165, 1.54) is 12.1 Å². The van der Waals surface area contributed by atoms with Gasteiger partial charge in [-0.15, -0.1) is 12.4 Å². The van der Waals surface area contributed by atoms with Crippen molar-refractivity contribution >= 4 is 18.3 Å². The zero-order valence-electron chi connectivity index (χ0n) is 10.9. The van der Waals surface area contributed by atoms with Gasteiger partial charge in [0.15, 0.2) is 0 Å². The summed E-state index contributed by atoms with van der Waals surface area (Å²) in [6.45, 7) is 5.47. The summed E-state index contributed by atoms with van der Waals surface area (Å²) >= 11 is 0. The Morgan fingerprint density at radius 3 is 2.33 bits per heavy atom. The first-order valence-electron chi connectivity index (χ1n) is 5.62. The van der Waals surface area contributed by atoms with Crippen molar-refractivity contribution in [1.82, 2.24) is 5.32 Å². The molecule has 1 amide bonds. The van der Waals surface area contributed by atoms with Gasteiger partial charge in [-0.1, -0.05) is 12.1 Å². The van der Waals surface area contributed by atoms with Gasteiger partial charge in [-0.25, -0.2) is 4.39 Å². The van der Waals surface area contributed by atoms with E-state index in [1.54, 1.807) is 19.1 Å². The summed E-state index contributed by atoms with van der Waals surface area (Å²) in [6.07, 6.45) is 0.631. The molecule has 5 heteroatoms. The van der Waals surface area contributed by atoms with Crippen molar-refractivity contribution in [2.24, 2.45) is 5.73 Å². The Morgan fingerprint density at radius 2 is 1.89 bits per heavy atom. The van der Waals surface area contributed by atoms with E-state index < -0.39 is 11.6 Å². The number of carbonyl (C=O) groups is 1. The van der Waals surface area contributed by atoms with Crippen LogP contribution in [0.1, 0.15) is 26.3 Å². The first-order chi connectivity index (χ1) is 7.80. The molecule has 0 aromatic heterocycles. The number of halogens is 2. The SMILES string of the molecule is CC(N)C(=O)NC(C)(C)Cc1ccc(F)cc1.Cl. The highest BCUT2D eigenvalue weighted by Gasteiger charge is 2.22. The molecule has 0 aliphatic carbocycles. The van der Waals surface area contributed by atoms with Crippen LogP contribution in [0.4, 0.5) is 4.39 Å². The summed E-state index contributed by atoms with van der Waals surface area (Å²) < 4.78 is 12.7. The van der Waals surface area contributed by atoms with Crippen LogP contribution in [0.5, 0.6) is 0 Å². The molecule has 1 rings (SSSR count). The number of hydrogen-bond acceptors (Lipinski definition) is 2. The first kappa shape index (κ1) is 16.9. The van der Waals surface area contributed by atoms with Crippen LogP contribution in [-0.2, 0) is 11.2 Å². The molecule has 0 saturated heterocycles. The molecule has 0 spiro atoms. The minimum atomic E-state index is -0.525. The van der Waals surface area contributed by atoms with Crippen molar-refractivity contribution in [2.75, 3.05) is 0 Å². The molecule has 0 aliphatic heterocycles. The molecule has 18 heavy (non-hydrogen) atoms. The van der Waals surface area contributed by atoms with E-state index in [1.807, 2.05) is 13.8 Å². The second-order valence-corrected chi connectivity index (χ2v) is 4.97. The topological polar surface area (TPSA) is 55.1 Å². The highest BCUT2D eigenvalue weighted by Crippen LogP contribution is 2.13. The number of nitrogens with one attached hydrogen (secondary N) is 1. The Labute approximate surface area is 113 Å². The Morgan fingerprint density at radius 1 is 1.39 bits per heavy atom. The number of rotatable bonds is 4. The molecule has 1 aromatic carbocycles. The maximum atomic E-state index is 12.7. The molecular formula is C13H20ClFN2O. The predicted molar refractivity (Wildman–Crippen MR) is 73.2 cm³/mol. The molecule has 102 valence electrons. The van der Waals surface area contributed by atoms with E-state index in [0.29, 0.717) is 6.42 Å². The van der Waals surface area contributed by atoms with Gasteiger partial charge in [-0.3, -0.25) is 4.79 Å². The maximum Gasteiger partial charge on any atom is 0.237 e. The molecule has 3 N–H and O–H groups in total. The van der Waals surface area contributed by atoms with E-state index in [9.17, 15) is 9.18 Å². The zero-order valence-corrected chi connectivity index (χ0v) is 11.7. The lowest BCUT2D eigenvalue weighted by Crippen LogP contribution is -2.50. The summed E-state index contributed by atoms with van der Waals surface area (Å²) in [5.74, 6) is -0.441. The molecule has 1 unspecified atom stereocenters. The van der Waals surface area contributed by atoms with Crippen LogP contribution in [0.3, 0.4) is 0 Å². The van der Waals surface area contributed by atoms with Crippen LogP contribution in [0, 0.1) is 5.82 Å². The van der Waals surface area contributed by atoms with Gasteiger partial charge in [0.1, 0.15) is 5.82 Å². The van der Waals surface area contributed by atoms with E-state index in [0.717, 1.165) is 5.56 Å². The lowest BCUT2D eigenvalue weighted by atomic mass is 9.94. The molecule has 1 aromatic rings. The minimum Gasteiger partial charge on any atom is -0.350 e. The molecule has 1 atom stereocenters. The monoisotopic (exact) mass is 274 g/mol. The average molecular weight is 275 g/mol. The average Bonchev–Trinajstić information content (AvgIpc) is 2.20. The number of nitrogens with two attached hydrogens (primary N) is 1. The molecule has 0 aliphatic rings. The largest absolute Gasteiger partial charge is 0.350 e. The van der Waals surface area contributed by atoms with Crippen molar-refractivity contribution in [1.29, 1.82) is 0 Å². The van der Waals surface area contributed by atoms with Crippen molar-refractivity contribution in [2.45, 2.75) is 38.8 Å². The van der Waals surface area contributed by atoms with Gasteiger partial charge in [-0.2, -0.15) is 0 Å². The van der Waals surface area contributed by atoms with Crippen LogP contribution in [0.2, 0.25) is 0 Å². The van der Waals surface area contributed by atoms with E-state index in [-0.39, 0.29) is 24.1 Å². The maximum absolute atomic E-state index is 12.7. The van der Waals surface area contributed by atoms with Crippen molar-refractivity contribution in [3.63, 3.8) is 0 Å². The fourth-order valence-corrected chi connectivity index (χ4v) is 1.60. The number of amides is 1. The second-order valence-electron chi connectivity index (χ2n) is 4.97. The number of benzene rings is 1. The Bertz CT molecular complexity index is 390. The van der Waals surface area contributed by atoms with Crippen LogP contribution in [-0.4, -0.2) is 17.5 Å². The molecule has 0 radical (unpaired) electrons. The molecule has 3 nitrogen and oxygen atoms in total. The zero-order chi connectivity index (χ0) is 13.1. The number of carbonyl (C=O) groups excluding carboxylic acids is 1. The van der Waals surface area contributed by atoms with Gasteiger partial charge in [0, 0.05) is 5.54 Å². The lowest BCUT2D eigenvalue weighted by Gasteiger charge is -2.27. The van der Waals surface area contributed by atoms with E-state index in [4.69, 9.17) is 5.73 Å². The third-order valence-electron chi connectivity index (χ3n) is 2.43. The minimum absolute atomic E-state index is 0. The molecule has 0 fully saturated rings. The highest BCUT2D eigenvalue weighted by atomic mass is 35.5. The van der Waals surface area contributed by atoms with Crippen LogP contribution in [0.15, 0.2) is 24.3 Å². The molecule has 0 heterocycles. The summed E-state index contributed by atoms with van der Waals surface area (Å²) in [6, 6.07) is 5.74. The third kappa shape index (κ3) is 5.47. The van der Waals surface area contributed by atoms with Gasteiger partial charge in [0.05, 0.1) is 6.04 Å². The van der Waals surface area contributed by atoms with Gasteiger partial charge in [0.2, 0.25) is 5.91 Å². The van der Waals surface area contributed by atoms with E-state index in [2.05, 4.69) is 5.32 Å². The first-order valence-corrected chi connectivity index (χ1v) is 5.62. The Hall–Kier alpha value is -1.13. The summed E-state index contributed by atoms with van der Waals surface area (Å²) in [4.78, 5) is 11.5. The molecular weight excluding hydrogens is 255 g/mol. The van der Waals surface area contributed by atoms with Crippen LogP contribution >= 0.6 is 12.4 Å². The summed E-state index contributed by atoms with van der Waals surface area (Å²) in [5.41, 5.74) is 6.07. The second kappa shape index (κ2) is 6.71. The van der Waals surface area contributed by atoms with Gasteiger partial charge < -0.3 is 11.1 Å². The molecule has 0 saturated carbocycles. The fourth-order valence-electron chi connectivity index (χ4n) is 1.60. The van der Waals surface area contributed by atoms with Gasteiger partial charge in [-0.05, 0) is 44.9 Å². The third-order valence-corrected chi connectivity index (χ3v) is 2.43. The van der Waals surface area contributed by atoms with Crippen LogP contribution in [0.25, 0.3) is 0 Å². The smallest absolute Gasteiger partial charge is 0.237 e. The van der Waals surface area contributed by atoms with Gasteiger partial charge >= 0.3 is 0 Å². The number of hydrogen-bond donors (Lipinski definition) is 2. The van der Waals surface area contributed by atoms with E-state index >= 15 is 0 Å². The normalized spacial score (nSPS) is 12.5. The van der Waals surface area contributed by atoms with Gasteiger partial charge in [0.25, 0.3) is 0 Å². The fraction of sp³-hybridized carbons (Fsp3) is 0.462. The lowest BCUT2D eigenvalue weighted by molar-refractivity contribution is -0.123. The summed E-state index contributed by atoms with van der Waals surface area (Å²) in [7, 11) is 0. The van der Waals surface area contributed by atoms with Crippen molar-refractivity contribution in [3.8, 4) is 0 Å². The van der Waals surface area contributed by atoms with Crippen molar-refractivity contribution < 1.29 is 9.18 Å². The van der Waals surface area contributed by atoms with Crippen LogP contribution < -0.4 is 11.1 Å².